The van der Waals surface area contributed by atoms with Gasteiger partial charge in [-0.05, 0) is 18.6 Å². The van der Waals surface area contributed by atoms with Crippen LogP contribution < -0.4 is 0 Å². The lowest BCUT2D eigenvalue weighted by atomic mass is 10.2. The van der Waals surface area contributed by atoms with Gasteiger partial charge in [-0.25, -0.2) is 9.78 Å². The van der Waals surface area contributed by atoms with Crippen molar-refractivity contribution in [2.45, 2.75) is 6.92 Å². The largest absolute Gasteiger partial charge is 0.477 e. The molecule has 0 amide bonds. The summed E-state index contributed by atoms with van der Waals surface area (Å²) in [4.78, 5) is 14.0. The lowest BCUT2D eigenvalue weighted by Gasteiger charge is -1.96. The van der Waals surface area contributed by atoms with E-state index in [1.807, 2.05) is 6.07 Å². The number of nitriles is 1. The summed E-state index contributed by atoms with van der Waals surface area (Å²) in [5, 5.41) is 17.0. The number of aromatic nitrogens is 1. The number of aromatic carboxylic acids is 1. The SMILES string of the molecule is Cc1ccc(C(=O)O)nc1C#N. The Kier molecular flexibility index (Phi) is 2.06. The van der Waals surface area contributed by atoms with Crippen LogP contribution in [0.5, 0.6) is 0 Å². The van der Waals surface area contributed by atoms with E-state index in [1.54, 1.807) is 13.0 Å². The average Bonchev–Trinajstić information content (AvgIpc) is 2.05. The second-order valence-electron chi connectivity index (χ2n) is 2.28. The molecule has 0 fully saturated rings. The molecule has 0 saturated heterocycles. The monoisotopic (exact) mass is 162 g/mol. The maximum absolute atomic E-state index is 10.4. The van der Waals surface area contributed by atoms with Gasteiger partial charge in [-0.15, -0.1) is 0 Å². The lowest BCUT2D eigenvalue weighted by molar-refractivity contribution is 0.0690. The van der Waals surface area contributed by atoms with Crippen LogP contribution in [0.3, 0.4) is 0 Å². The number of hydrogen-bond acceptors (Lipinski definition) is 3. The molecule has 1 aromatic heterocycles. The first-order valence-corrected chi connectivity index (χ1v) is 3.26. The second kappa shape index (κ2) is 3.01. The van der Waals surface area contributed by atoms with E-state index >= 15 is 0 Å². The lowest BCUT2D eigenvalue weighted by Crippen LogP contribution is -2.02. The quantitative estimate of drug-likeness (QED) is 0.667. The van der Waals surface area contributed by atoms with Gasteiger partial charge in [-0.2, -0.15) is 5.26 Å². The molecule has 1 rings (SSSR count). The van der Waals surface area contributed by atoms with E-state index < -0.39 is 5.97 Å². The van der Waals surface area contributed by atoms with E-state index in [-0.39, 0.29) is 11.4 Å². The zero-order chi connectivity index (χ0) is 9.14. The van der Waals surface area contributed by atoms with Crippen molar-refractivity contribution in [1.82, 2.24) is 4.98 Å². The molecule has 0 bridgehead atoms. The highest BCUT2D eigenvalue weighted by Crippen LogP contribution is 2.04. The third kappa shape index (κ3) is 1.40. The Morgan fingerprint density at radius 1 is 1.67 bits per heavy atom. The van der Waals surface area contributed by atoms with Crippen LogP contribution in [0.1, 0.15) is 21.7 Å². The minimum atomic E-state index is -1.12. The summed E-state index contributed by atoms with van der Waals surface area (Å²) in [5.41, 5.74) is 0.745. The molecule has 0 aliphatic carbocycles. The highest BCUT2D eigenvalue weighted by molar-refractivity contribution is 5.85. The van der Waals surface area contributed by atoms with Gasteiger partial charge in [0.1, 0.15) is 17.5 Å². The molecule has 1 heterocycles. The standard InChI is InChI=1S/C8H6N2O2/c1-5-2-3-6(8(11)12)10-7(5)4-9/h2-3H,1H3,(H,11,12). The van der Waals surface area contributed by atoms with Crippen LogP contribution >= 0.6 is 0 Å². The molecule has 0 aromatic carbocycles. The summed E-state index contributed by atoms with van der Waals surface area (Å²) >= 11 is 0. The molecule has 0 aliphatic rings. The molecule has 0 saturated carbocycles. The molecule has 4 heteroatoms. The van der Waals surface area contributed by atoms with E-state index in [1.165, 1.54) is 6.07 Å². The van der Waals surface area contributed by atoms with E-state index in [0.29, 0.717) is 5.56 Å². The fourth-order valence-electron chi connectivity index (χ4n) is 0.761. The summed E-state index contributed by atoms with van der Waals surface area (Å²) in [7, 11) is 0. The molecule has 0 unspecified atom stereocenters. The third-order valence-electron chi connectivity index (χ3n) is 1.42. The van der Waals surface area contributed by atoms with E-state index in [2.05, 4.69) is 4.98 Å². The number of nitrogens with zero attached hydrogens (tertiary/aromatic N) is 2. The normalized spacial score (nSPS) is 9.00. The number of carbonyl (C=O) groups is 1. The Hall–Kier alpha value is -1.89. The topological polar surface area (TPSA) is 74.0 Å². The first-order chi connectivity index (χ1) is 5.65. The van der Waals surface area contributed by atoms with E-state index in [0.717, 1.165) is 0 Å². The fourth-order valence-corrected chi connectivity index (χ4v) is 0.761. The highest BCUT2D eigenvalue weighted by Gasteiger charge is 2.06. The van der Waals surface area contributed by atoms with E-state index in [4.69, 9.17) is 10.4 Å². The van der Waals surface area contributed by atoms with Gasteiger partial charge in [0.2, 0.25) is 0 Å². The zero-order valence-corrected chi connectivity index (χ0v) is 6.40. The van der Waals surface area contributed by atoms with Gasteiger partial charge in [0, 0.05) is 0 Å². The Bertz CT molecular complexity index is 366. The van der Waals surface area contributed by atoms with Crippen LogP contribution in [0.15, 0.2) is 12.1 Å². The minimum Gasteiger partial charge on any atom is -0.477 e. The predicted octanol–water partition coefficient (Wildman–Crippen LogP) is 0.960. The minimum absolute atomic E-state index is 0.0999. The molecule has 4 nitrogen and oxygen atoms in total. The third-order valence-corrected chi connectivity index (χ3v) is 1.42. The van der Waals surface area contributed by atoms with Gasteiger partial charge in [0.25, 0.3) is 0 Å². The van der Waals surface area contributed by atoms with Crippen molar-refractivity contribution in [3.8, 4) is 6.07 Å². The Morgan fingerprint density at radius 2 is 2.33 bits per heavy atom. The van der Waals surface area contributed by atoms with Crippen LogP contribution in [0, 0.1) is 18.3 Å². The summed E-state index contributed by atoms with van der Waals surface area (Å²) < 4.78 is 0. The van der Waals surface area contributed by atoms with Gasteiger partial charge >= 0.3 is 5.97 Å². The first-order valence-electron chi connectivity index (χ1n) is 3.26. The van der Waals surface area contributed by atoms with Gasteiger partial charge in [0.05, 0.1) is 0 Å². The average molecular weight is 162 g/mol. The van der Waals surface area contributed by atoms with Crippen molar-refractivity contribution in [2.75, 3.05) is 0 Å². The molecule has 0 atom stereocenters. The van der Waals surface area contributed by atoms with Crippen LogP contribution in [-0.2, 0) is 0 Å². The van der Waals surface area contributed by atoms with Crippen molar-refractivity contribution < 1.29 is 9.90 Å². The Morgan fingerprint density at radius 3 is 2.83 bits per heavy atom. The molecule has 1 aromatic rings. The van der Waals surface area contributed by atoms with Gasteiger partial charge in [-0.3, -0.25) is 0 Å². The number of rotatable bonds is 1. The molecule has 60 valence electrons. The molecule has 0 radical (unpaired) electrons. The molecule has 0 spiro atoms. The molecule has 0 aliphatic heterocycles. The van der Waals surface area contributed by atoms with Crippen molar-refractivity contribution in [3.63, 3.8) is 0 Å². The van der Waals surface area contributed by atoms with E-state index in [9.17, 15) is 4.79 Å². The summed E-state index contributed by atoms with van der Waals surface area (Å²) in [5.74, 6) is -1.12. The highest BCUT2D eigenvalue weighted by atomic mass is 16.4. The summed E-state index contributed by atoms with van der Waals surface area (Å²) in [6.45, 7) is 1.71. The Labute approximate surface area is 69.1 Å². The van der Waals surface area contributed by atoms with Crippen LogP contribution in [0.2, 0.25) is 0 Å². The maximum atomic E-state index is 10.4. The summed E-state index contributed by atoms with van der Waals surface area (Å²) in [6.07, 6.45) is 0. The first kappa shape index (κ1) is 8.21. The second-order valence-corrected chi connectivity index (χ2v) is 2.28. The molecular formula is C8H6N2O2. The van der Waals surface area contributed by atoms with Crippen LogP contribution in [-0.4, -0.2) is 16.1 Å². The van der Waals surface area contributed by atoms with Gasteiger partial charge in [0.15, 0.2) is 0 Å². The number of pyridine rings is 1. The smallest absolute Gasteiger partial charge is 0.354 e. The van der Waals surface area contributed by atoms with Crippen molar-refractivity contribution >= 4 is 5.97 Å². The molecule has 12 heavy (non-hydrogen) atoms. The van der Waals surface area contributed by atoms with Crippen LogP contribution in [0.25, 0.3) is 0 Å². The van der Waals surface area contributed by atoms with Crippen molar-refractivity contribution in [1.29, 1.82) is 5.26 Å². The number of carboxylic acids is 1. The fraction of sp³-hybridized carbons (Fsp3) is 0.125. The van der Waals surface area contributed by atoms with Crippen LogP contribution in [0.4, 0.5) is 0 Å². The predicted molar refractivity (Wildman–Crippen MR) is 40.6 cm³/mol. The van der Waals surface area contributed by atoms with Crippen molar-refractivity contribution in [3.05, 3.63) is 29.1 Å². The van der Waals surface area contributed by atoms with Crippen molar-refractivity contribution in [2.24, 2.45) is 0 Å². The number of aryl methyl sites for hydroxylation is 1. The number of carboxylic acid groups (broad SMARTS) is 1. The number of hydrogen-bond donors (Lipinski definition) is 1. The van der Waals surface area contributed by atoms with Gasteiger partial charge in [-0.1, -0.05) is 6.07 Å². The molecule has 1 N–H and O–H groups in total. The van der Waals surface area contributed by atoms with Gasteiger partial charge < -0.3 is 5.11 Å². The summed E-state index contributed by atoms with van der Waals surface area (Å²) in [6, 6.07) is 4.75. The Balaban J connectivity index is 3.25. The molecular weight excluding hydrogens is 156 g/mol. The maximum Gasteiger partial charge on any atom is 0.354 e. The zero-order valence-electron chi connectivity index (χ0n) is 6.40.